The highest BCUT2D eigenvalue weighted by Crippen LogP contribution is 2.22. The summed E-state index contributed by atoms with van der Waals surface area (Å²) in [6.07, 6.45) is 16.9. The Labute approximate surface area is 242 Å². The van der Waals surface area contributed by atoms with Crippen molar-refractivity contribution >= 4 is 12.2 Å². The van der Waals surface area contributed by atoms with Crippen LogP contribution >= 0.6 is 0 Å². The van der Waals surface area contributed by atoms with Crippen molar-refractivity contribution in [3.8, 4) is 11.5 Å². The van der Waals surface area contributed by atoms with Gasteiger partial charge in [0.1, 0.15) is 11.5 Å². The van der Waals surface area contributed by atoms with E-state index in [4.69, 9.17) is 9.47 Å². The SMILES string of the molecule is CCCCCCCc1ccccc1OC(=O)NCCCCCCNC(=O)Oc1ccccc1CCCCCCC. The predicted octanol–water partition coefficient (Wildman–Crippen LogP) is 9.15. The molecule has 2 N–H and O–H groups in total. The molecule has 2 amide bonds. The monoisotopic (exact) mass is 552 g/mol. The Morgan fingerprint density at radius 2 is 0.900 bits per heavy atom. The minimum atomic E-state index is -0.399. The van der Waals surface area contributed by atoms with Crippen LogP contribution in [0.5, 0.6) is 11.5 Å². The topological polar surface area (TPSA) is 76.7 Å². The van der Waals surface area contributed by atoms with Crippen molar-refractivity contribution in [2.75, 3.05) is 13.1 Å². The highest BCUT2D eigenvalue weighted by molar-refractivity contribution is 5.71. The fraction of sp³-hybridized carbons (Fsp3) is 0.588. The van der Waals surface area contributed by atoms with Crippen LogP contribution in [0.25, 0.3) is 0 Å². The third kappa shape index (κ3) is 14.9. The van der Waals surface area contributed by atoms with E-state index in [1.54, 1.807) is 0 Å². The van der Waals surface area contributed by atoms with Gasteiger partial charge in [0.05, 0.1) is 0 Å². The molecular weight excluding hydrogens is 500 g/mol. The van der Waals surface area contributed by atoms with Crippen molar-refractivity contribution in [3.05, 3.63) is 59.7 Å². The van der Waals surface area contributed by atoms with E-state index >= 15 is 0 Å². The van der Waals surface area contributed by atoms with Gasteiger partial charge in [-0.2, -0.15) is 0 Å². The zero-order valence-corrected chi connectivity index (χ0v) is 25.0. The number of benzene rings is 2. The highest BCUT2D eigenvalue weighted by atomic mass is 16.6. The summed E-state index contributed by atoms with van der Waals surface area (Å²) < 4.78 is 11.2. The zero-order chi connectivity index (χ0) is 28.7. The van der Waals surface area contributed by atoms with E-state index in [2.05, 4.69) is 24.5 Å². The summed E-state index contributed by atoms with van der Waals surface area (Å²) in [5.74, 6) is 1.31. The average molecular weight is 553 g/mol. The first-order chi connectivity index (χ1) is 19.6. The molecule has 0 radical (unpaired) electrons. The van der Waals surface area contributed by atoms with E-state index in [1.807, 2.05) is 48.5 Å². The maximum absolute atomic E-state index is 12.3. The molecule has 0 aliphatic rings. The third-order valence-corrected chi connectivity index (χ3v) is 7.09. The number of unbranched alkanes of at least 4 members (excludes halogenated alkanes) is 11. The fourth-order valence-corrected chi connectivity index (χ4v) is 4.71. The van der Waals surface area contributed by atoms with Crippen LogP contribution in [-0.4, -0.2) is 25.3 Å². The summed E-state index contributed by atoms with van der Waals surface area (Å²) in [6.45, 7) is 5.58. The summed E-state index contributed by atoms with van der Waals surface area (Å²) in [6, 6.07) is 15.6. The van der Waals surface area contributed by atoms with Crippen LogP contribution in [0.2, 0.25) is 0 Å². The van der Waals surface area contributed by atoms with Crippen molar-refractivity contribution in [1.29, 1.82) is 0 Å². The number of carbonyl (C=O) groups is 2. The van der Waals surface area contributed by atoms with Gasteiger partial charge in [0.25, 0.3) is 0 Å². The van der Waals surface area contributed by atoms with Gasteiger partial charge in [-0.05, 0) is 61.8 Å². The van der Waals surface area contributed by atoms with Crippen LogP contribution in [-0.2, 0) is 12.8 Å². The average Bonchev–Trinajstić information content (AvgIpc) is 2.96. The lowest BCUT2D eigenvalue weighted by molar-refractivity contribution is 0.198. The molecule has 40 heavy (non-hydrogen) atoms. The lowest BCUT2D eigenvalue weighted by atomic mass is 10.0. The number of hydrogen-bond acceptors (Lipinski definition) is 4. The first-order valence-electron chi connectivity index (χ1n) is 15.7. The number of amides is 2. The predicted molar refractivity (Wildman–Crippen MR) is 164 cm³/mol. The molecule has 222 valence electrons. The van der Waals surface area contributed by atoms with E-state index < -0.39 is 12.2 Å². The lowest BCUT2D eigenvalue weighted by Crippen LogP contribution is -2.28. The molecule has 0 atom stereocenters. The van der Waals surface area contributed by atoms with Crippen LogP contribution < -0.4 is 20.1 Å². The number of rotatable bonds is 21. The van der Waals surface area contributed by atoms with Gasteiger partial charge in [-0.15, -0.1) is 0 Å². The van der Waals surface area contributed by atoms with E-state index in [0.29, 0.717) is 24.6 Å². The smallest absolute Gasteiger partial charge is 0.410 e. The molecule has 0 spiro atoms. The number of nitrogens with one attached hydrogen (secondary N) is 2. The van der Waals surface area contributed by atoms with Gasteiger partial charge in [0, 0.05) is 13.1 Å². The summed E-state index contributed by atoms with van der Waals surface area (Å²) in [7, 11) is 0. The summed E-state index contributed by atoms with van der Waals surface area (Å²) in [5, 5.41) is 5.72. The molecule has 2 rings (SSSR count). The van der Waals surface area contributed by atoms with Gasteiger partial charge in [0.15, 0.2) is 0 Å². The molecule has 0 bridgehead atoms. The molecule has 2 aromatic rings. The summed E-state index contributed by atoms with van der Waals surface area (Å²) in [5.41, 5.74) is 2.18. The van der Waals surface area contributed by atoms with Crippen LogP contribution in [0.3, 0.4) is 0 Å². The Bertz CT molecular complexity index is 885. The molecule has 0 saturated heterocycles. The molecule has 0 aliphatic carbocycles. The Morgan fingerprint density at radius 1 is 0.525 bits per heavy atom. The lowest BCUT2D eigenvalue weighted by Gasteiger charge is -2.11. The van der Waals surface area contributed by atoms with Crippen LogP contribution in [0.1, 0.15) is 115 Å². The molecular formula is C34H52N2O4. The maximum Gasteiger partial charge on any atom is 0.412 e. The molecule has 2 aromatic carbocycles. The second-order valence-corrected chi connectivity index (χ2v) is 10.6. The normalized spacial score (nSPS) is 10.8. The Kier molecular flexibility index (Phi) is 18.1. The maximum atomic E-state index is 12.3. The van der Waals surface area contributed by atoms with Crippen LogP contribution in [0.4, 0.5) is 9.59 Å². The standard InChI is InChI=1S/C34H52N2O4/c1-3-5-7-9-13-21-29-23-15-17-25-31(29)39-33(37)35-27-19-11-12-20-28-36-34(38)40-32-26-18-16-24-30(32)22-14-10-8-6-4-2/h15-18,23-26H,3-14,19-22,27-28H2,1-2H3,(H,35,37)(H,36,38). The fourth-order valence-electron chi connectivity index (χ4n) is 4.71. The highest BCUT2D eigenvalue weighted by Gasteiger charge is 2.10. The van der Waals surface area contributed by atoms with Crippen LogP contribution in [0.15, 0.2) is 48.5 Å². The van der Waals surface area contributed by atoms with Crippen molar-refractivity contribution in [2.24, 2.45) is 0 Å². The van der Waals surface area contributed by atoms with E-state index in [-0.39, 0.29) is 0 Å². The first-order valence-corrected chi connectivity index (χ1v) is 15.7. The van der Waals surface area contributed by atoms with Gasteiger partial charge in [0.2, 0.25) is 0 Å². The zero-order valence-electron chi connectivity index (χ0n) is 25.0. The molecule has 6 nitrogen and oxygen atoms in total. The molecule has 0 aromatic heterocycles. The quantitative estimate of drug-likeness (QED) is 0.151. The number of carbonyl (C=O) groups excluding carboxylic acids is 2. The van der Waals surface area contributed by atoms with Gasteiger partial charge >= 0.3 is 12.2 Å². The number of aryl methyl sites for hydroxylation is 2. The summed E-state index contributed by atoms with van der Waals surface area (Å²) in [4.78, 5) is 24.5. The van der Waals surface area contributed by atoms with Crippen molar-refractivity contribution in [1.82, 2.24) is 10.6 Å². The van der Waals surface area contributed by atoms with Gasteiger partial charge in [-0.1, -0.05) is 114 Å². The van der Waals surface area contributed by atoms with E-state index in [9.17, 15) is 9.59 Å². The van der Waals surface area contributed by atoms with E-state index in [1.165, 1.54) is 51.4 Å². The van der Waals surface area contributed by atoms with Crippen molar-refractivity contribution in [3.63, 3.8) is 0 Å². The number of para-hydroxylation sites is 2. The van der Waals surface area contributed by atoms with Crippen molar-refractivity contribution < 1.29 is 19.1 Å². The van der Waals surface area contributed by atoms with Crippen LogP contribution in [0, 0.1) is 0 Å². The third-order valence-electron chi connectivity index (χ3n) is 7.09. The van der Waals surface area contributed by atoms with Gasteiger partial charge < -0.3 is 20.1 Å². The van der Waals surface area contributed by atoms with E-state index in [0.717, 1.165) is 62.5 Å². The molecule has 0 saturated carbocycles. The Morgan fingerprint density at radius 3 is 1.32 bits per heavy atom. The molecule has 0 aliphatic heterocycles. The summed E-state index contributed by atoms with van der Waals surface area (Å²) >= 11 is 0. The van der Waals surface area contributed by atoms with Crippen molar-refractivity contribution in [2.45, 2.75) is 117 Å². The number of hydrogen-bond donors (Lipinski definition) is 2. The minimum absolute atomic E-state index is 0.399. The molecule has 6 heteroatoms. The minimum Gasteiger partial charge on any atom is -0.410 e. The molecule has 0 heterocycles. The van der Waals surface area contributed by atoms with Gasteiger partial charge in [-0.25, -0.2) is 9.59 Å². The molecule has 0 unspecified atom stereocenters. The largest absolute Gasteiger partial charge is 0.412 e. The Balaban J connectivity index is 1.54. The van der Waals surface area contributed by atoms with Gasteiger partial charge in [-0.3, -0.25) is 0 Å². The number of ether oxygens (including phenoxy) is 2. The second kappa shape index (κ2) is 21.8. The first kappa shape index (κ1) is 33.2. The molecule has 0 fully saturated rings. The Hall–Kier alpha value is -3.02. The second-order valence-electron chi connectivity index (χ2n) is 10.6.